The smallest absolute Gasteiger partial charge is 0.244 e. The van der Waals surface area contributed by atoms with Crippen molar-refractivity contribution in [2.75, 3.05) is 6.61 Å². The van der Waals surface area contributed by atoms with Crippen molar-refractivity contribution in [2.24, 2.45) is 5.73 Å². The molecule has 0 aliphatic carbocycles. The summed E-state index contributed by atoms with van der Waals surface area (Å²) in [5, 5.41) is 0. The van der Waals surface area contributed by atoms with Gasteiger partial charge in [-0.2, -0.15) is 0 Å². The van der Waals surface area contributed by atoms with Gasteiger partial charge in [0.1, 0.15) is 10.6 Å². The molecule has 0 saturated heterocycles. The summed E-state index contributed by atoms with van der Waals surface area (Å²) in [6.07, 6.45) is 0.701. The van der Waals surface area contributed by atoms with Crippen LogP contribution >= 0.6 is 0 Å². The fraction of sp³-hybridized carbons (Fsp3) is 0.571. The molecule has 0 aromatic heterocycles. The van der Waals surface area contributed by atoms with Gasteiger partial charge >= 0.3 is 0 Å². The zero-order chi connectivity index (χ0) is 15.1. The van der Waals surface area contributed by atoms with Crippen LogP contribution in [0.3, 0.4) is 0 Å². The van der Waals surface area contributed by atoms with Crippen LogP contribution < -0.4 is 15.2 Å². The van der Waals surface area contributed by atoms with Gasteiger partial charge in [-0.05, 0) is 38.8 Å². The molecule has 1 aliphatic rings. The Balaban J connectivity index is 2.69. The Morgan fingerprint density at radius 3 is 2.65 bits per heavy atom. The maximum atomic E-state index is 12.6. The molecule has 0 radical (unpaired) electrons. The van der Waals surface area contributed by atoms with Crippen molar-refractivity contribution in [2.45, 2.75) is 51.1 Å². The minimum Gasteiger partial charge on any atom is -0.492 e. The van der Waals surface area contributed by atoms with Crippen molar-refractivity contribution in [1.82, 2.24) is 4.72 Å². The van der Waals surface area contributed by atoms with Gasteiger partial charge < -0.3 is 10.5 Å². The van der Waals surface area contributed by atoms with Gasteiger partial charge in [-0.15, -0.1) is 0 Å². The number of aryl methyl sites for hydroxylation is 1. The molecule has 3 N–H and O–H groups in total. The van der Waals surface area contributed by atoms with Crippen LogP contribution in [0.15, 0.2) is 11.0 Å². The number of hydrogen-bond acceptors (Lipinski definition) is 4. The van der Waals surface area contributed by atoms with E-state index in [0.717, 1.165) is 11.1 Å². The van der Waals surface area contributed by atoms with E-state index in [1.165, 1.54) is 0 Å². The lowest BCUT2D eigenvalue weighted by atomic mass is 9.96. The van der Waals surface area contributed by atoms with Crippen LogP contribution in [0, 0.1) is 13.8 Å². The summed E-state index contributed by atoms with van der Waals surface area (Å²) in [5.41, 5.74) is 8.49. The second-order valence-electron chi connectivity index (χ2n) is 5.59. The highest BCUT2D eigenvalue weighted by atomic mass is 32.2. The number of fused-ring (bicyclic) bond motifs is 1. The van der Waals surface area contributed by atoms with Crippen LogP contribution in [0.1, 0.15) is 43.0 Å². The zero-order valence-electron chi connectivity index (χ0n) is 12.4. The normalized spacial score (nSPS) is 18.8. The van der Waals surface area contributed by atoms with Crippen LogP contribution in [0.4, 0.5) is 0 Å². The fourth-order valence-electron chi connectivity index (χ4n) is 2.45. The lowest BCUT2D eigenvalue weighted by Crippen LogP contribution is -2.32. The Labute approximate surface area is 120 Å². The number of nitrogens with two attached hydrogens (primary N) is 1. The monoisotopic (exact) mass is 298 g/mol. The molecule has 1 atom stereocenters. The molecular weight excluding hydrogens is 276 g/mol. The van der Waals surface area contributed by atoms with Crippen molar-refractivity contribution in [3.05, 3.63) is 22.8 Å². The van der Waals surface area contributed by atoms with E-state index < -0.39 is 10.0 Å². The lowest BCUT2D eigenvalue weighted by Gasteiger charge is -2.27. The molecule has 2 rings (SSSR count). The van der Waals surface area contributed by atoms with Crippen LogP contribution in [0.25, 0.3) is 0 Å². The molecule has 1 aliphatic heterocycles. The number of nitrogens with one attached hydrogen (secondary N) is 1. The molecular formula is C14H22N2O3S. The minimum absolute atomic E-state index is 0.173. The zero-order valence-corrected chi connectivity index (χ0v) is 13.2. The van der Waals surface area contributed by atoms with Gasteiger partial charge in [0.25, 0.3) is 0 Å². The Morgan fingerprint density at radius 2 is 2.05 bits per heavy atom. The van der Waals surface area contributed by atoms with Crippen molar-refractivity contribution in [3.63, 3.8) is 0 Å². The van der Waals surface area contributed by atoms with Crippen molar-refractivity contribution < 1.29 is 13.2 Å². The van der Waals surface area contributed by atoms with Gasteiger partial charge in [0.15, 0.2) is 0 Å². The van der Waals surface area contributed by atoms with Crippen LogP contribution in [-0.2, 0) is 10.0 Å². The maximum absolute atomic E-state index is 12.6. The van der Waals surface area contributed by atoms with E-state index in [1.807, 2.05) is 13.0 Å². The first kappa shape index (κ1) is 15.3. The summed E-state index contributed by atoms with van der Waals surface area (Å²) in [5.74, 6) is 0.417. The van der Waals surface area contributed by atoms with E-state index in [9.17, 15) is 8.42 Å². The summed E-state index contributed by atoms with van der Waals surface area (Å²) in [7, 11) is -3.61. The molecule has 0 amide bonds. The molecule has 1 aromatic rings. The third-order valence-corrected chi connectivity index (χ3v) is 5.32. The minimum atomic E-state index is -3.61. The van der Waals surface area contributed by atoms with Gasteiger partial charge in [0.2, 0.25) is 10.0 Å². The quantitative estimate of drug-likeness (QED) is 0.891. The Hall–Kier alpha value is -1.11. The molecule has 0 spiro atoms. The van der Waals surface area contributed by atoms with Crippen molar-refractivity contribution in [3.8, 4) is 5.75 Å². The average Bonchev–Trinajstić information content (AvgIpc) is 2.30. The largest absolute Gasteiger partial charge is 0.492 e. The Morgan fingerprint density at radius 1 is 1.40 bits per heavy atom. The molecule has 5 nitrogen and oxygen atoms in total. The highest BCUT2D eigenvalue weighted by Crippen LogP contribution is 2.39. The topological polar surface area (TPSA) is 81.4 Å². The van der Waals surface area contributed by atoms with E-state index in [-0.39, 0.29) is 17.0 Å². The van der Waals surface area contributed by atoms with Crippen LogP contribution in [0.2, 0.25) is 0 Å². The number of rotatable bonds is 3. The van der Waals surface area contributed by atoms with E-state index >= 15 is 0 Å². The first-order valence-electron chi connectivity index (χ1n) is 6.79. The maximum Gasteiger partial charge on any atom is 0.244 e. The summed E-state index contributed by atoms with van der Waals surface area (Å²) in [6, 6.07) is 1.59. The van der Waals surface area contributed by atoms with Crippen LogP contribution in [0.5, 0.6) is 5.75 Å². The molecule has 1 aromatic carbocycles. The SMILES string of the molecule is Cc1cc2c(c(S(=O)(=O)NC(C)C)c1C)OCCC2N. The van der Waals surface area contributed by atoms with E-state index in [4.69, 9.17) is 10.5 Å². The first-order valence-corrected chi connectivity index (χ1v) is 8.27. The van der Waals surface area contributed by atoms with Gasteiger partial charge in [-0.25, -0.2) is 13.1 Å². The predicted molar refractivity (Wildman–Crippen MR) is 78.4 cm³/mol. The Kier molecular flexibility index (Phi) is 4.09. The molecule has 0 fully saturated rings. The highest BCUT2D eigenvalue weighted by Gasteiger charge is 2.30. The molecule has 1 unspecified atom stereocenters. The standard InChI is InChI=1S/C14H22N2O3S/c1-8(2)16-20(17,18)14-10(4)9(3)7-11-12(15)5-6-19-13(11)14/h7-8,12,16H,5-6,15H2,1-4H3. The van der Waals surface area contributed by atoms with Gasteiger partial charge in [0.05, 0.1) is 6.61 Å². The number of hydrogen-bond donors (Lipinski definition) is 2. The van der Waals surface area contributed by atoms with Crippen LogP contribution in [-0.4, -0.2) is 21.1 Å². The van der Waals surface area contributed by atoms with Gasteiger partial charge in [0, 0.05) is 24.1 Å². The molecule has 112 valence electrons. The third kappa shape index (κ3) is 2.68. The highest BCUT2D eigenvalue weighted by molar-refractivity contribution is 7.89. The van der Waals surface area contributed by atoms with Crippen molar-refractivity contribution >= 4 is 10.0 Å². The van der Waals surface area contributed by atoms with E-state index in [0.29, 0.717) is 24.3 Å². The summed E-state index contributed by atoms with van der Waals surface area (Å²) in [6.45, 7) is 7.73. The lowest BCUT2D eigenvalue weighted by molar-refractivity contribution is 0.261. The predicted octanol–water partition coefficient (Wildman–Crippen LogP) is 1.77. The summed E-state index contributed by atoms with van der Waals surface area (Å²) in [4.78, 5) is 0.233. The molecule has 1 heterocycles. The molecule has 0 bridgehead atoms. The second kappa shape index (κ2) is 5.35. The average molecular weight is 298 g/mol. The first-order chi connectivity index (χ1) is 9.24. The fourth-order valence-corrected chi connectivity index (χ4v) is 4.17. The number of benzene rings is 1. The van der Waals surface area contributed by atoms with E-state index in [1.54, 1.807) is 20.8 Å². The van der Waals surface area contributed by atoms with Gasteiger partial charge in [-0.1, -0.05) is 6.07 Å². The molecule has 6 heteroatoms. The van der Waals surface area contributed by atoms with Gasteiger partial charge in [-0.3, -0.25) is 0 Å². The van der Waals surface area contributed by atoms with E-state index in [2.05, 4.69) is 4.72 Å². The molecule has 0 saturated carbocycles. The molecule has 20 heavy (non-hydrogen) atoms. The Bertz CT molecular complexity index is 624. The number of ether oxygens (including phenoxy) is 1. The third-order valence-electron chi connectivity index (χ3n) is 3.51. The summed E-state index contributed by atoms with van der Waals surface area (Å²) < 4.78 is 33.4. The second-order valence-corrected chi connectivity index (χ2v) is 7.24. The summed E-state index contributed by atoms with van der Waals surface area (Å²) >= 11 is 0. The number of sulfonamides is 1. The van der Waals surface area contributed by atoms with Crippen molar-refractivity contribution in [1.29, 1.82) is 0 Å².